The van der Waals surface area contributed by atoms with Crippen LogP contribution in [0.15, 0.2) is 30.0 Å². The zero-order valence-corrected chi connectivity index (χ0v) is 19.4. The molecule has 2 aliphatic heterocycles. The summed E-state index contributed by atoms with van der Waals surface area (Å²) < 4.78 is 40.7. The van der Waals surface area contributed by atoms with E-state index in [0.717, 1.165) is 30.9 Å². The van der Waals surface area contributed by atoms with E-state index in [1.54, 1.807) is 14.2 Å². The van der Waals surface area contributed by atoms with Gasteiger partial charge in [-0.2, -0.15) is 0 Å². The number of nitrogens with zero attached hydrogens (tertiary/aromatic N) is 1. The van der Waals surface area contributed by atoms with E-state index in [1.165, 1.54) is 5.56 Å². The van der Waals surface area contributed by atoms with Crippen LogP contribution in [0.1, 0.15) is 38.7 Å². The highest BCUT2D eigenvalue weighted by Gasteiger charge is 2.49. The van der Waals surface area contributed by atoms with E-state index in [0.29, 0.717) is 25.4 Å². The van der Waals surface area contributed by atoms with Gasteiger partial charge in [-0.1, -0.05) is 19.9 Å². The molecule has 2 heterocycles. The molecule has 1 aromatic rings. The minimum absolute atomic E-state index is 0.0497. The van der Waals surface area contributed by atoms with Gasteiger partial charge in [-0.05, 0) is 50.2 Å². The maximum absolute atomic E-state index is 12.9. The van der Waals surface area contributed by atoms with Gasteiger partial charge in [0, 0.05) is 23.3 Å². The number of likely N-dealkylation sites (N-methyl/N-ethyl adjacent to an activating group) is 1. The van der Waals surface area contributed by atoms with Crippen molar-refractivity contribution in [1.82, 2.24) is 4.90 Å². The highest BCUT2D eigenvalue weighted by Crippen LogP contribution is 2.58. The van der Waals surface area contributed by atoms with Gasteiger partial charge in [-0.25, -0.2) is 4.57 Å². The molecule has 0 N–H and O–H groups in total. The molecule has 8 heteroatoms. The molecule has 3 aliphatic rings. The molecule has 2 fully saturated rings. The first kappa shape index (κ1) is 21.7. The number of rotatable bonds is 5. The van der Waals surface area contributed by atoms with Gasteiger partial charge in [0.15, 0.2) is 11.5 Å². The topological polar surface area (TPSA) is 66.5 Å². The fourth-order valence-corrected chi connectivity index (χ4v) is 6.35. The summed E-state index contributed by atoms with van der Waals surface area (Å²) in [6.45, 7) is 5.72. The van der Waals surface area contributed by atoms with Gasteiger partial charge in [0.1, 0.15) is 5.76 Å². The fourth-order valence-electron chi connectivity index (χ4n) is 4.71. The molecule has 0 saturated carbocycles. The zero-order chi connectivity index (χ0) is 21.6. The Kier molecular flexibility index (Phi) is 5.69. The molecule has 7 nitrogen and oxygen atoms in total. The molecule has 0 radical (unpaired) electrons. The summed E-state index contributed by atoms with van der Waals surface area (Å²) in [6.07, 6.45) is 4.69. The van der Waals surface area contributed by atoms with Gasteiger partial charge >= 0.3 is 7.82 Å². The van der Waals surface area contributed by atoms with E-state index in [-0.39, 0.29) is 16.9 Å². The van der Waals surface area contributed by atoms with Crippen molar-refractivity contribution in [3.05, 3.63) is 35.6 Å². The molecule has 0 aromatic heterocycles. The Morgan fingerprint density at radius 2 is 1.80 bits per heavy atom. The Morgan fingerprint density at radius 1 is 1.10 bits per heavy atom. The first-order chi connectivity index (χ1) is 14.2. The third-order valence-electron chi connectivity index (χ3n) is 6.53. The Labute approximate surface area is 178 Å². The number of hydrogen-bond acceptors (Lipinski definition) is 7. The van der Waals surface area contributed by atoms with Gasteiger partial charge < -0.3 is 14.0 Å². The molecule has 0 bridgehead atoms. The molecule has 1 aliphatic carbocycles. The molecule has 0 spiro atoms. The molecular formula is C22H32NO6P. The van der Waals surface area contributed by atoms with Crippen LogP contribution in [0, 0.1) is 5.41 Å². The maximum Gasteiger partial charge on any atom is 0.529 e. The van der Waals surface area contributed by atoms with Crippen molar-refractivity contribution in [3.8, 4) is 11.5 Å². The number of phosphoric ester groups is 1. The Hall–Kier alpha value is -1.53. The van der Waals surface area contributed by atoms with E-state index < -0.39 is 7.82 Å². The summed E-state index contributed by atoms with van der Waals surface area (Å²) in [4.78, 5) is 2.32. The van der Waals surface area contributed by atoms with Crippen molar-refractivity contribution < 1.29 is 27.6 Å². The van der Waals surface area contributed by atoms with Gasteiger partial charge in [-0.3, -0.25) is 13.9 Å². The highest BCUT2D eigenvalue weighted by molar-refractivity contribution is 7.48. The smallest absolute Gasteiger partial charge is 0.493 e. The van der Waals surface area contributed by atoms with Crippen molar-refractivity contribution in [2.45, 2.75) is 44.6 Å². The third kappa shape index (κ3) is 3.89. The SMILES string of the molecule is COc1ccc([C@@]23CCC(OP4(=O)OCC(C)(C)CO4)=C[C@@H]2N(C)CC3)cc1OC. The van der Waals surface area contributed by atoms with Crippen LogP contribution in [0.4, 0.5) is 0 Å². The second-order valence-electron chi connectivity index (χ2n) is 9.28. The van der Waals surface area contributed by atoms with Gasteiger partial charge in [0.05, 0.1) is 27.4 Å². The first-order valence-electron chi connectivity index (χ1n) is 10.4. The maximum atomic E-state index is 12.9. The molecular weight excluding hydrogens is 405 g/mol. The molecule has 2 saturated heterocycles. The van der Waals surface area contributed by atoms with E-state index in [1.807, 2.05) is 19.9 Å². The van der Waals surface area contributed by atoms with Gasteiger partial charge in [-0.15, -0.1) is 0 Å². The minimum Gasteiger partial charge on any atom is -0.493 e. The number of fused-ring (bicyclic) bond motifs is 1. The molecule has 4 rings (SSSR count). The second-order valence-corrected chi connectivity index (χ2v) is 10.9. The summed E-state index contributed by atoms with van der Waals surface area (Å²) in [5.41, 5.74) is 1.02. The summed E-state index contributed by atoms with van der Waals surface area (Å²) in [7, 11) is 1.86. The number of benzene rings is 1. The molecule has 1 aromatic carbocycles. The van der Waals surface area contributed by atoms with E-state index >= 15 is 0 Å². The monoisotopic (exact) mass is 437 g/mol. The highest BCUT2D eigenvalue weighted by atomic mass is 31.2. The standard InChI is InChI=1S/C22H32NO6P/c1-21(2)14-27-30(24,28-15-21)29-17-8-9-22(10-11-23(3)20(22)13-17)16-6-7-18(25-4)19(12-16)26-5/h6-7,12-13,20H,8-11,14-15H2,1-5H3/t20-,22-/m0/s1. The third-order valence-corrected chi connectivity index (χ3v) is 7.88. The normalized spacial score (nSPS) is 30.3. The van der Waals surface area contributed by atoms with Gasteiger partial charge in [0.25, 0.3) is 0 Å². The second kappa shape index (κ2) is 7.86. The van der Waals surface area contributed by atoms with Crippen molar-refractivity contribution in [3.63, 3.8) is 0 Å². The molecule has 30 heavy (non-hydrogen) atoms. The average molecular weight is 437 g/mol. The largest absolute Gasteiger partial charge is 0.529 e. The Bertz CT molecular complexity index is 870. The Morgan fingerprint density at radius 3 is 2.47 bits per heavy atom. The lowest BCUT2D eigenvalue weighted by Crippen LogP contribution is -2.42. The summed E-state index contributed by atoms with van der Waals surface area (Å²) in [5, 5.41) is 0. The minimum atomic E-state index is -3.56. The average Bonchev–Trinajstić information content (AvgIpc) is 3.07. The lowest BCUT2D eigenvalue weighted by atomic mass is 9.68. The van der Waals surface area contributed by atoms with Crippen molar-refractivity contribution in [2.24, 2.45) is 5.41 Å². The van der Waals surface area contributed by atoms with Crippen LogP contribution in [0.3, 0.4) is 0 Å². The quantitative estimate of drug-likeness (QED) is 0.628. The number of hydrogen-bond donors (Lipinski definition) is 0. The van der Waals surface area contributed by atoms with E-state index in [2.05, 4.69) is 30.2 Å². The number of likely N-dealkylation sites (tertiary alicyclic amines) is 1. The zero-order valence-electron chi connectivity index (χ0n) is 18.5. The van der Waals surface area contributed by atoms with Crippen LogP contribution < -0.4 is 9.47 Å². The van der Waals surface area contributed by atoms with E-state index in [9.17, 15) is 4.57 Å². The van der Waals surface area contributed by atoms with Crippen molar-refractivity contribution >= 4 is 7.82 Å². The lowest BCUT2D eigenvalue weighted by Gasteiger charge is -2.41. The number of methoxy groups -OCH3 is 2. The molecule has 166 valence electrons. The summed E-state index contributed by atoms with van der Waals surface area (Å²) in [6, 6.07) is 6.32. The van der Waals surface area contributed by atoms with Crippen molar-refractivity contribution in [1.29, 1.82) is 0 Å². The fraction of sp³-hybridized carbons (Fsp3) is 0.636. The Balaban J connectivity index is 1.59. The lowest BCUT2D eigenvalue weighted by molar-refractivity contribution is 0.00792. The number of allylic oxidation sites excluding steroid dienone is 1. The summed E-state index contributed by atoms with van der Waals surface area (Å²) >= 11 is 0. The van der Waals surface area contributed by atoms with Crippen LogP contribution >= 0.6 is 7.82 Å². The molecule has 0 unspecified atom stereocenters. The van der Waals surface area contributed by atoms with Crippen LogP contribution in [-0.2, 0) is 23.6 Å². The first-order valence-corrected chi connectivity index (χ1v) is 11.9. The number of ether oxygens (including phenoxy) is 2. The van der Waals surface area contributed by atoms with Crippen LogP contribution in [0.5, 0.6) is 11.5 Å². The predicted octanol–water partition coefficient (Wildman–Crippen LogP) is 4.52. The molecule has 0 amide bonds. The van der Waals surface area contributed by atoms with Crippen LogP contribution in [-0.4, -0.2) is 52.0 Å². The number of phosphoric acid groups is 1. The van der Waals surface area contributed by atoms with Crippen LogP contribution in [0.25, 0.3) is 0 Å². The summed E-state index contributed by atoms with van der Waals surface area (Å²) in [5.74, 6) is 2.15. The van der Waals surface area contributed by atoms with Crippen LogP contribution in [0.2, 0.25) is 0 Å². The van der Waals surface area contributed by atoms with Gasteiger partial charge in [0.2, 0.25) is 0 Å². The van der Waals surface area contributed by atoms with E-state index in [4.69, 9.17) is 23.0 Å². The predicted molar refractivity (Wildman–Crippen MR) is 114 cm³/mol. The van der Waals surface area contributed by atoms with Crippen molar-refractivity contribution in [2.75, 3.05) is 41.0 Å². The molecule has 2 atom stereocenters.